The van der Waals surface area contributed by atoms with Crippen LogP contribution in [0, 0.1) is 0 Å². The van der Waals surface area contributed by atoms with Crippen LogP contribution in [0.25, 0.3) is 0 Å². The second-order valence-corrected chi connectivity index (χ2v) is 3.70. The molecule has 0 radical (unpaired) electrons. The van der Waals surface area contributed by atoms with Crippen LogP contribution >= 0.6 is 0 Å². The van der Waals surface area contributed by atoms with Gasteiger partial charge >= 0.3 is 0 Å². The standard InChI is InChI=1S/C11H14N2O2/c1-15-10-4-2-3-8(5-10)11(14)13-6-9(12)7-13/h2-5,9H,6-7,12H2,1H3. The minimum absolute atomic E-state index is 0.0237. The largest absolute Gasteiger partial charge is 0.497 e. The van der Waals surface area contributed by atoms with Gasteiger partial charge in [0.25, 0.3) is 5.91 Å². The Hall–Kier alpha value is -1.55. The van der Waals surface area contributed by atoms with Crippen LogP contribution in [0.4, 0.5) is 0 Å². The van der Waals surface area contributed by atoms with E-state index >= 15 is 0 Å². The fourth-order valence-electron chi connectivity index (χ4n) is 1.62. The number of hydrogen-bond acceptors (Lipinski definition) is 3. The van der Waals surface area contributed by atoms with Crippen molar-refractivity contribution in [1.29, 1.82) is 0 Å². The van der Waals surface area contributed by atoms with Gasteiger partial charge in [-0.05, 0) is 18.2 Å². The van der Waals surface area contributed by atoms with Crippen molar-refractivity contribution in [3.05, 3.63) is 29.8 Å². The number of benzene rings is 1. The molecule has 1 fully saturated rings. The highest BCUT2D eigenvalue weighted by Crippen LogP contribution is 2.16. The van der Waals surface area contributed by atoms with Crippen LogP contribution in [0.2, 0.25) is 0 Å². The number of rotatable bonds is 2. The monoisotopic (exact) mass is 206 g/mol. The number of nitrogens with two attached hydrogens (primary N) is 1. The van der Waals surface area contributed by atoms with Crippen molar-refractivity contribution in [2.24, 2.45) is 5.73 Å². The first-order chi connectivity index (χ1) is 7.20. The van der Waals surface area contributed by atoms with Crippen molar-refractivity contribution >= 4 is 5.91 Å². The first-order valence-corrected chi connectivity index (χ1v) is 4.89. The number of carbonyl (C=O) groups excluding carboxylic acids is 1. The lowest BCUT2D eigenvalue weighted by atomic mass is 10.1. The number of likely N-dealkylation sites (tertiary alicyclic amines) is 1. The summed E-state index contributed by atoms with van der Waals surface area (Å²) in [5.74, 6) is 0.723. The molecule has 0 saturated carbocycles. The van der Waals surface area contributed by atoms with E-state index in [0.29, 0.717) is 24.4 Å². The number of nitrogens with zero attached hydrogens (tertiary/aromatic N) is 1. The van der Waals surface area contributed by atoms with Gasteiger partial charge in [-0.15, -0.1) is 0 Å². The third kappa shape index (κ3) is 1.94. The highest BCUT2D eigenvalue weighted by atomic mass is 16.5. The zero-order valence-corrected chi connectivity index (χ0v) is 8.64. The second kappa shape index (κ2) is 3.90. The molecule has 0 atom stereocenters. The number of hydrogen-bond donors (Lipinski definition) is 1. The molecule has 0 aliphatic carbocycles. The van der Waals surface area contributed by atoms with E-state index in [-0.39, 0.29) is 11.9 Å². The van der Waals surface area contributed by atoms with Crippen molar-refractivity contribution < 1.29 is 9.53 Å². The number of amides is 1. The van der Waals surface area contributed by atoms with Crippen molar-refractivity contribution in [1.82, 2.24) is 4.90 Å². The number of carbonyl (C=O) groups is 1. The Morgan fingerprint density at radius 3 is 2.87 bits per heavy atom. The van der Waals surface area contributed by atoms with Gasteiger partial charge in [0.2, 0.25) is 0 Å². The molecule has 1 aliphatic heterocycles. The average Bonchev–Trinajstić information content (AvgIpc) is 2.24. The Bertz CT molecular complexity index is 373. The Labute approximate surface area is 88.6 Å². The van der Waals surface area contributed by atoms with Crippen LogP contribution in [-0.4, -0.2) is 37.0 Å². The lowest BCUT2D eigenvalue weighted by Gasteiger charge is -2.36. The molecule has 4 heteroatoms. The van der Waals surface area contributed by atoms with Gasteiger partial charge in [-0.1, -0.05) is 6.07 Å². The molecular formula is C11H14N2O2. The van der Waals surface area contributed by atoms with Gasteiger partial charge in [-0.3, -0.25) is 4.79 Å². The summed E-state index contributed by atoms with van der Waals surface area (Å²) in [7, 11) is 1.59. The van der Waals surface area contributed by atoms with Crippen molar-refractivity contribution in [2.45, 2.75) is 6.04 Å². The fourth-order valence-corrected chi connectivity index (χ4v) is 1.62. The second-order valence-electron chi connectivity index (χ2n) is 3.70. The Balaban J connectivity index is 2.11. The molecule has 1 aliphatic rings. The van der Waals surface area contributed by atoms with E-state index in [1.54, 1.807) is 24.1 Å². The molecule has 2 N–H and O–H groups in total. The predicted molar refractivity (Wildman–Crippen MR) is 56.9 cm³/mol. The summed E-state index contributed by atoms with van der Waals surface area (Å²) in [5, 5.41) is 0. The Morgan fingerprint density at radius 2 is 2.27 bits per heavy atom. The van der Waals surface area contributed by atoms with E-state index in [9.17, 15) is 4.79 Å². The normalized spacial score (nSPS) is 16.0. The summed E-state index contributed by atoms with van der Waals surface area (Å²) in [6.07, 6.45) is 0. The maximum atomic E-state index is 11.9. The molecule has 1 aromatic rings. The molecule has 4 nitrogen and oxygen atoms in total. The molecule has 1 saturated heterocycles. The Kier molecular flexibility index (Phi) is 2.60. The zero-order chi connectivity index (χ0) is 10.8. The minimum Gasteiger partial charge on any atom is -0.497 e. The SMILES string of the molecule is COc1cccc(C(=O)N2CC(N)C2)c1. The highest BCUT2D eigenvalue weighted by molar-refractivity contribution is 5.95. The molecule has 0 aromatic heterocycles. The summed E-state index contributed by atoms with van der Waals surface area (Å²) in [6, 6.07) is 7.30. The van der Waals surface area contributed by atoms with Gasteiger partial charge in [-0.25, -0.2) is 0 Å². The summed E-state index contributed by atoms with van der Waals surface area (Å²) in [4.78, 5) is 13.6. The van der Waals surface area contributed by atoms with E-state index in [4.69, 9.17) is 10.5 Å². The third-order valence-corrected chi connectivity index (χ3v) is 2.51. The zero-order valence-electron chi connectivity index (χ0n) is 8.64. The maximum Gasteiger partial charge on any atom is 0.254 e. The van der Waals surface area contributed by atoms with Crippen LogP contribution < -0.4 is 10.5 Å². The van der Waals surface area contributed by atoms with Gasteiger partial charge in [0, 0.05) is 24.7 Å². The molecule has 80 valence electrons. The smallest absolute Gasteiger partial charge is 0.254 e. The van der Waals surface area contributed by atoms with E-state index in [2.05, 4.69) is 0 Å². The van der Waals surface area contributed by atoms with Gasteiger partial charge < -0.3 is 15.4 Å². The van der Waals surface area contributed by atoms with Gasteiger partial charge in [0.15, 0.2) is 0 Å². The first-order valence-electron chi connectivity index (χ1n) is 4.89. The van der Waals surface area contributed by atoms with Crippen LogP contribution in [0.3, 0.4) is 0 Å². The molecular weight excluding hydrogens is 192 g/mol. The van der Waals surface area contributed by atoms with E-state index in [0.717, 1.165) is 0 Å². The molecule has 0 spiro atoms. The molecule has 1 heterocycles. The van der Waals surface area contributed by atoms with E-state index in [1.165, 1.54) is 0 Å². The van der Waals surface area contributed by atoms with E-state index < -0.39 is 0 Å². The minimum atomic E-state index is 0.0237. The number of ether oxygens (including phenoxy) is 1. The van der Waals surface area contributed by atoms with Crippen molar-refractivity contribution in [3.8, 4) is 5.75 Å². The summed E-state index contributed by atoms with van der Waals surface area (Å²) < 4.78 is 5.06. The first kappa shape index (κ1) is 9.98. The molecule has 2 rings (SSSR count). The number of methoxy groups -OCH3 is 1. The van der Waals surface area contributed by atoms with Crippen molar-refractivity contribution in [3.63, 3.8) is 0 Å². The summed E-state index contributed by atoms with van der Waals surface area (Å²) in [5.41, 5.74) is 6.28. The molecule has 15 heavy (non-hydrogen) atoms. The maximum absolute atomic E-state index is 11.9. The molecule has 0 unspecified atom stereocenters. The predicted octanol–water partition coefficient (Wildman–Crippen LogP) is 0.478. The van der Waals surface area contributed by atoms with Gasteiger partial charge in [0.1, 0.15) is 5.75 Å². The van der Waals surface area contributed by atoms with Crippen molar-refractivity contribution in [2.75, 3.05) is 20.2 Å². The summed E-state index contributed by atoms with van der Waals surface area (Å²) in [6.45, 7) is 1.30. The van der Waals surface area contributed by atoms with Crippen LogP contribution in [0.5, 0.6) is 5.75 Å². The van der Waals surface area contributed by atoms with E-state index in [1.807, 2.05) is 12.1 Å². The van der Waals surface area contributed by atoms with Gasteiger partial charge in [0.05, 0.1) is 7.11 Å². The summed E-state index contributed by atoms with van der Waals surface area (Å²) >= 11 is 0. The molecule has 1 amide bonds. The molecule has 0 bridgehead atoms. The Morgan fingerprint density at radius 1 is 1.53 bits per heavy atom. The lowest BCUT2D eigenvalue weighted by molar-refractivity contribution is 0.0608. The van der Waals surface area contributed by atoms with Gasteiger partial charge in [-0.2, -0.15) is 0 Å². The topological polar surface area (TPSA) is 55.6 Å². The van der Waals surface area contributed by atoms with Crippen LogP contribution in [-0.2, 0) is 0 Å². The quantitative estimate of drug-likeness (QED) is 0.765. The van der Waals surface area contributed by atoms with Crippen LogP contribution in [0.1, 0.15) is 10.4 Å². The third-order valence-electron chi connectivity index (χ3n) is 2.51. The fraction of sp³-hybridized carbons (Fsp3) is 0.364. The lowest BCUT2D eigenvalue weighted by Crippen LogP contribution is -2.57. The molecule has 1 aromatic carbocycles. The highest BCUT2D eigenvalue weighted by Gasteiger charge is 2.28. The average molecular weight is 206 g/mol. The van der Waals surface area contributed by atoms with Crippen LogP contribution in [0.15, 0.2) is 24.3 Å².